The van der Waals surface area contributed by atoms with Crippen LogP contribution in [0.3, 0.4) is 0 Å². The van der Waals surface area contributed by atoms with Crippen LogP contribution in [-0.2, 0) is 30.8 Å². The number of carbonyl (C=O) groups is 4. The first-order valence-corrected chi connectivity index (χ1v) is 22.3. The number of imide groups is 2. The van der Waals surface area contributed by atoms with Crippen LogP contribution in [0.15, 0.2) is 107 Å². The van der Waals surface area contributed by atoms with Gasteiger partial charge in [-0.1, -0.05) is 87.2 Å². The number of nitrogens with one attached hydrogen (secondary N) is 1. The summed E-state index contributed by atoms with van der Waals surface area (Å²) in [6.07, 6.45) is 1.22. The third-order valence-electron chi connectivity index (χ3n) is 13.2. The van der Waals surface area contributed by atoms with E-state index in [1.807, 2.05) is 24.3 Å². The molecule has 2 saturated heterocycles. The van der Waals surface area contributed by atoms with Crippen LogP contribution < -0.4 is 24.5 Å². The molecule has 2 aliphatic carbocycles. The molecule has 2 N–H and O–H groups in total. The number of phenolic OH excluding ortho intramolecular Hbond substituents is 1. The molecule has 4 aliphatic rings. The molecule has 1 saturated carbocycles. The van der Waals surface area contributed by atoms with Gasteiger partial charge in [-0.2, -0.15) is 18.2 Å². The number of rotatable bonds is 10. The number of hydrogen-bond acceptors (Lipinski definition) is 10. The van der Waals surface area contributed by atoms with Crippen LogP contribution in [0.5, 0.6) is 23.0 Å². The Morgan fingerprint density at radius 3 is 2.22 bits per heavy atom. The van der Waals surface area contributed by atoms with E-state index in [2.05, 4.69) is 26.3 Å². The number of anilines is 2. The molecular weight excluding hydrogens is 980 g/mol. The number of carbonyl (C=O) groups excluding carboxylic acids is 4. The zero-order valence-electron chi connectivity index (χ0n) is 35.6. The Bertz CT molecular complexity index is 2930. The van der Waals surface area contributed by atoms with Crippen molar-refractivity contribution in [2.45, 2.75) is 30.4 Å². The zero-order chi connectivity index (χ0) is 47.7. The monoisotopic (exact) mass is 1020 g/mol. The lowest BCUT2D eigenvalue weighted by atomic mass is 9.49. The highest BCUT2D eigenvalue weighted by atomic mass is 79.9. The van der Waals surface area contributed by atoms with Crippen molar-refractivity contribution in [2.24, 2.45) is 23.7 Å². The minimum atomic E-state index is -4.79. The lowest BCUT2D eigenvalue weighted by Gasteiger charge is -2.50. The van der Waals surface area contributed by atoms with Crippen LogP contribution in [0.4, 0.5) is 24.7 Å². The number of benzene rings is 4. The van der Waals surface area contributed by atoms with Crippen molar-refractivity contribution >= 4 is 86.4 Å². The van der Waals surface area contributed by atoms with E-state index < -0.39 is 81.2 Å². The Kier molecular flexibility index (Phi) is 11.9. The number of aromatic nitrogens is 1. The molecule has 0 radical (unpaired) electrons. The molecule has 12 nitrogen and oxygen atoms in total. The molecule has 4 amide bonds. The summed E-state index contributed by atoms with van der Waals surface area (Å²) in [6.45, 7) is 0. The van der Waals surface area contributed by atoms with Gasteiger partial charge in [0.25, 0.3) is 11.8 Å². The first kappa shape index (κ1) is 45.8. The largest absolute Gasteiger partial charge is 0.504 e. The average Bonchev–Trinajstić information content (AvgIpc) is 3.69. The van der Waals surface area contributed by atoms with Crippen LogP contribution in [0.2, 0.25) is 10.0 Å². The Balaban J connectivity index is 1.14. The van der Waals surface area contributed by atoms with Crippen molar-refractivity contribution in [2.75, 3.05) is 31.7 Å². The van der Waals surface area contributed by atoms with Crippen molar-refractivity contribution in [3.05, 3.63) is 145 Å². The summed E-state index contributed by atoms with van der Waals surface area (Å²) in [5.74, 6) is -7.20. The number of allylic oxidation sites excluding steroid dienone is 2. The fourth-order valence-corrected chi connectivity index (χ4v) is 11.0. The van der Waals surface area contributed by atoms with Crippen molar-refractivity contribution in [3.63, 3.8) is 0 Å². The van der Waals surface area contributed by atoms with Gasteiger partial charge in [-0.25, -0.2) is 4.98 Å². The van der Waals surface area contributed by atoms with Crippen LogP contribution in [0, 0.1) is 23.7 Å². The number of methoxy groups -OCH3 is 3. The second kappa shape index (κ2) is 17.4. The Labute approximate surface area is 400 Å². The van der Waals surface area contributed by atoms with Crippen LogP contribution in [0.1, 0.15) is 46.6 Å². The molecule has 344 valence electrons. The Morgan fingerprint density at radius 1 is 0.851 bits per heavy atom. The molecule has 0 bridgehead atoms. The quantitative estimate of drug-likeness (QED) is 0.0787. The van der Waals surface area contributed by atoms with E-state index >= 15 is 9.59 Å². The maximum absolute atomic E-state index is 15.6. The molecular formula is C49H38BrCl2F3N4O8. The summed E-state index contributed by atoms with van der Waals surface area (Å²) in [4.78, 5) is 65.0. The van der Waals surface area contributed by atoms with Crippen molar-refractivity contribution in [3.8, 4) is 23.0 Å². The molecule has 67 heavy (non-hydrogen) atoms. The minimum Gasteiger partial charge on any atom is -0.504 e. The van der Waals surface area contributed by atoms with Crippen LogP contribution in [-0.4, -0.2) is 60.1 Å². The van der Waals surface area contributed by atoms with Crippen LogP contribution >= 0.6 is 39.1 Å². The smallest absolute Gasteiger partial charge is 0.417 e. The lowest BCUT2D eigenvalue weighted by Crippen LogP contribution is -2.53. The topological polar surface area (TPSA) is 148 Å². The van der Waals surface area contributed by atoms with E-state index in [-0.39, 0.29) is 29.9 Å². The third-order valence-corrected chi connectivity index (χ3v) is 14.2. The molecule has 3 heterocycles. The normalized spacial score (nSPS) is 23.5. The summed E-state index contributed by atoms with van der Waals surface area (Å²) >= 11 is 16.2. The summed E-state index contributed by atoms with van der Waals surface area (Å²) in [6, 6.07) is 22.3. The number of phenols is 1. The summed E-state index contributed by atoms with van der Waals surface area (Å²) in [5.41, 5.74) is 2.44. The molecule has 4 aromatic carbocycles. The zero-order valence-corrected chi connectivity index (χ0v) is 38.7. The molecule has 3 fully saturated rings. The minimum absolute atomic E-state index is 0.0373. The lowest BCUT2D eigenvalue weighted by molar-refractivity contribution is -0.139. The molecule has 6 atom stereocenters. The Hall–Kier alpha value is -6.36. The number of hydrazine groups is 1. The molecule has 1 aromatic heterocycles. The number of amides is 4. The maximum Gasteiger partial charge on any atom is 0.417 e. The second-order valence-electron chi connectivity index (χ2n) is 16.5. The molecule has 0 spiro atoms. The highest BCUT2D eigenvalue weighted by Crippen LogP contribution is 2.65. The van der Waals surface area contributed by atoms with Crippen LogP contribution in [0.25, 0.3) is 12.2 Å². The number of halogens is 6. The van der Waals surface area contributed by atoms with Gasteiger partial charge in [-0.3, -0.25) is 29.5 Å². The maximum atomic E-state index is 15.6. The number of ether oxygens (including phenoxy) is 3. The number of hydrogen-bond donors (Lipinski definition) is 2. The van der Waals surface area contributed by atoms with Gasteiger partial charge in [0.1, 0.15) is 11.5 Å². The van der Waals surface area contributed by atoms with Gasteiger partial charge in [-0.15, -0.1) is 0 Å². The predicted molar refractivity (Wildman–Crippen MR) is 247 cm³/mol. The van der Waals surface area contributed by atoms with Crippen molar-refractivity contribution in [1.82, 2.24) is 9.99 Å². The standard InChI is InChI=1S/C49H38BrCl2F3N4O8/c1-65-31-14-17-38(66-2)25(18-31)7-4-24-5-12-30(13-6-24)58-44(61)33-16-15-32-34(40(33)46(58)63)22-36-45(62)59(57-43-37(52)19-27(23-56-43)49(53,54)55)47(64)48(36,26-8-10-29(51)11-9-26)41(32)35-20-28(50)21-39(67-3)42(35)60/h4-15,17-21,23,33-34,36,40-41,60H,16,22H2,1-3H3,(H,56,57)/t33-,34+,36-,40-,41+,48+/m0/s1. The summed E-state index contributed by atoms with van der Waals surface area (Å²) in [5, 5.41) is 12.5. The average molecular weight is 1020 g/mol. The van der Waals surface area contributed by atoms with Gasteiger partial charge in [0.05, 0.1) is 60.8 Å². The third kappa shape index (κ3) is 7.58. The van der Waals surface area contributed by atoms with E-state index in [4.69, 9.17) is 37.4 Å². The molecule has 9 rings (SSSR count). The SMILES string of the molecule is COc1ccc(OC)c(C=Cc2ccc(N3C(=O)[C@H]4[C@H](CC=C5[C@H]4C[C@H]4C(=O)N(Nc6ncc(C(F)(F)F)cc6Cl)C(=O)[C@@]4(c4ccc(Cl)cc4)[C@H]5c4cc(Br)cc(OC)c4O)C3=O)cc2)c1. The van der Waals surface area contributed by atoms with Gasteiger partial charge in [0, 0.05) is 32.7 Å². The van der Waals surface area contributed by atoms with Gasteiger partial charge in [0.2, 0.25) is 11.8 Å². The van der Waals surface area contributed by atoms with E-state index in [1.54, 1.807) is 80.9 Å². The number of fused-ring (bicyclic) bond motifs is 4. The molecule has 0 unspecified atom stereocenters. The van der Waals surface area contributed by atoms with Gasteiger partial charge in [0.15, 0.2) is 17.3 Å². The first-order chi connectivity index (χ1) is 32.0. The van der Waals surface area contributed by atoms with E-state index in [9.17, 15) is 27.9 Å². The summed E-state index contributed by atoms with van der Waals surface area (Å²) in [7, 11) is 4.49. The predicted octanol–water partition coefficient (Wildman–Crippen LogP) is 10.3. The van der Waals surface area contributed by atoms with Gasteiger partial charge in [-0.05, 0) is 90.6 Å². The summed E-state index contributed by atoms with van der Waals surface area (Å²) < 4.78 is 57.7. The second-order valence-corrected chi connectivity index (χ2v) is 18.3. The highest BCUT2D eigenvalue weighted by Gasteiger charge is 2.71. The molecule has 2 aliphatic heterocycles. The van der Waals surface area contributed by atoms with Gasteiger partial charge < -0.3 is 19.3 Å². The Morgan fingerprint density at radius 2 is 1.57 bits per heavy atom. The highest BCUT2D eigenvalue weighted by molar-refractivity contribution is 9.10. The van der Waals surface area contributed by atoms with Crippen molar-refractivity contribution in [1.29, 1.82) is 0 Å². The first-order valence-electron chi connectivity index (χ1n) is 20.8. The number of nitrogens with zero attached hydrogens (tertiary/aromatic N) is 3. The van der Waals surface area contributed by atoms with Crippen molar-refractivity contribution < 1.29 is 51.7 Å². The fourth-order valence-electron chi connectivity index (χ4n) is 10.2. The molecule has 18 heteroatoms. The van der Waals surface area contributed by atoms with E-state index in [0.717, 1.165) is 16.0 Å². The number of aromatic hydroxyl groups is 1. The number of pyridine rings is 1. The van der Waals surface area contributed by atoms with E-state index in [0.29, 0.717) is 55.1 Å². The molecule has 5 aromatic rings. The van der Waals surface area contributed by atoms with Gasteiger partial charge >= 0.3 is 6.18 Å². The number of alkyl halides is 3. The van der Waals surface area contributed by atoms with E-state index in [1.165, 1.54) is 13.2 Å². The fraction of sp³-hybridized carbons (Fsp3) is 0.245.